The van der Waals surface area contributed by atoms with Crippen LogP contribution in [0, 0.1) is 10.1 Å². The van der Waals surface area contributed by atoms with Crippen LogP contribution >= 0.6 is 11.6 Å². The summed E-state index contributed by atoms with van der Waals surface area (Å²) in [6, 6.07) is 4.33. The highest BCUT2D eigenvalue weighted by atomic mass is 35.5. The van der Waals surface area contributed by atoms with Crippen LogP contribution < -0.4 is 4.90 Å². The molecule has 0 aliphatic carbocycles. The van der Waals surface area contributed by atoms with Gasteiger partial charge in [-0.2, -0.15) is 0 Å². The quantitative estimate of drug-likeness (QED) is 0.594. The van der Waals surface area contributed by atoms with E-state index in [4.69, 9.17) is 11.6 Å². The summed E-state index contributed by atoms with van der Waals surface area (Å²) in [4.78, 5) is 12.0. The molecule has 1 aromatic carbocycles. The fourth-order valence-corrected chi connectivity index (χ4v) is 2.01. The molecular weight excluding hydrogens is 235 g/mol. The van der Waals surface area contributed by atoms with Crippen LogP contribution in [0.15, 0.2) is 18.2 Å². The molecule has 1 aliphatic rings. The number of hydrogen-bond donors (Lipinski definition) is 0. The van der Waals surface area contributed by atoms with Gasteiger partial charge in [0.15, 0.2) is 0 Å². The summed E-state index contributed by atoms with van der Waals surface area (Å²) in [6.45, 7) is 0.684. The highest BCUT2D eigenvalue weighted by molar-refractivity contribution is 6.31. The third-order valence-electron chi connectivity index (χ3n) is 2.61. The molecule has 0 amide bonds. The van der Waals surface area contributed by atoms with Crippen LogP contribution in [-0.2, 0) is 0 Å². The molecule has 2 rings (SSSR count). The monoisotopic (exact) mass is 244 g/mol. The van der Waals surface area contributed by atoms with E-state index < -0.39 is 11.1 Å². The fraction of sp³-hybridized carbons (Fsp3) is 0.400. The largest absolute Gasteiger partial charge is 0.363 e. The summed E-state index contributed by atoms with van der Waals surface area (Å²) in [6.07, 6.45) is -0.512. The zero-order chi connectivity index (χ0) is 11.7. The second-order valence-electron chi connectivity index (χ2n) is 3.72. The predicted octanol–water partition coefficient (Wildman–Crippen LogP) is 2.80. The predicted molar refractivity (Wildman–Crippen MR) is 59.8 cm³/mol. The van der Waals surface area contributed by atoms with Gasteiger partial charge in [-0.1, -0.05) is 11.6 Å². The molecule has 16 heavy (non-hydrogen) atoms. The minimum Gasteiger partial charge on any atom is -0.363 e. The van der Waals surface area contributed by atoms with Crippen molar-refractivity contribution in [3.05, 3.63) is 33.3 Å². The van der Waals surface area contributed by atoms with Crippen molar-refractivity contribution in [1.29, 1.82) is 0 Å². The van der Waals surface area contributed by atoms with Gasteiger partial charge in [0.05, 0.1) is 4.92 Å². The van der Waals surface area contributed by atoms with Gasteiger partial charge in [-0.05, 0) is 18.6 Å². The smallest absolute Gasteiger partial charge is 0.292 e. The van der Waals surface area contributed by atoms with E-state index >= 15 is 0 Å². The molecule has 0 unspecified atom stereocenters. The summed E-state index contributed by atoms with van der Waals surface area (Å²) in [5, 5.41) is 11.2. The van der Waals surface area contributed by atoms with E-state index in [-0.39, 0.29) is 12.2 Å². The zero-order valence-electron chi connectivity index (χ0n) is 8.40. The first-order valence-corrected chi connectivity index (χ1v) is 5.28. The van der Waals surface area contributed by atoms with Crippen molar-refractivity contribution in [1.82, 2.24) is 0 Å². The minimum atomic E-state index is -0.918. The van der Waals surface area contributed by atoms with Crippen molar-refractivity contribution in [2.75, 3.05) is 18.0 Å². The van der Waals surface area contributed by atoms with Crippen LogP contribution in [0.2, 0.25) is 5.02 Å². The molecule has 0 radical (unpaired) electrons. The van der Waals surface area contributed by atoms with Crippen LogP contribution in [0.5, 0.6) is 0 Å². The molecule has 0 spiro atoms. The highest BCUT2D eigenvalue weighted by Gasteiger charge is 2.27. The van der Waals surface area contributed by atoms with Gasteiger partial charge in [0, 0.05) is 24.2 Å². The molecule has 4 nitrogen and oxygen atoms in total. The molecule has 1 aliphatic heterocycles. The zero-order valence-corrected chi connectivity index (χ0v) is 9.15. The number of nitro groups is 1. The first-order valence-electron chi connectivity index (χ1n) is 4.91. The van der Waals surface area contributed by atoms with Crippen molar-refractivity contribution in [3.8, 4) is 0 Å². The Morgan fingerprint density at radius 1 is 1.56 bits per heavy atom. The summed E-state index contributed by atoms with van der Waals surface area (Å²) >= 11 is 5.79. The van der Waals surface area contributed by atoms with Crippen LogP contribution in [0.4, 0.5) is 15.8 Å². The molecule has 86 valence electrons. The third-order valence-corrected chi connectivity index (χ3v) is 2.84. The second kappa shape index (κ2) is 4.25. The molecular formula is C10H10ClFN2O2. The van der Waals surface area contributed by atoms with Gasteiger partial charge in [-0.3, -0.25) is 10.1 Å². The van der Waals surface area contributed by atoms with Gasteiger partial charge in [-0.25, -0.2) is 4.39 Å². The summed E-state index contributed by atoms with van der Waals surface area (Å²) in [5.41, 5.74) is 0.371. The minimum absolute atomic E-state index is 0.0292. The van der Waals surface area contributed by atoms with Crippen LogP contribution in [0.1, 0.15) is 6.42 Å². The van der Waals surface area contributed by atoms with Crippen molar-refractivity contribution in [3.63, 3.8) is 0 Å². The Balaban J connectivity index is 2.37. The Bertz CT molecular complexity index is 427. The maximum atomic E-state index is 13.0. The number of halogens is 2. The Hall–Kier alpha value is -1.36. The lowest BCUT2D eigenvalue weighted by atomic mass is 10.2. The Morgan fingerprint density at radius 2 is 2.31 bits per heavy atom. The fourth-order valence-electron chi connectivity index (χ4n) is 1.84. The lowest BCUT2D eigenvalue weighted by molar-refractivity contribution is -0.384. The Morgan fingerprint density at radius 3 is 2.88 bits per heavy atom. The SMILES string of the molecule is O=[N+]([O-])c1ccc(Cl)cc1N1CC[C@H](F)C1. The molecule has 0 bridgehead atoms. The summed E-state index contributed by atoms with van der Waals surface area (Å²) in [7, 11) is 0. The average Bonchev–Trinajstić information content (AvgIpc) is 2.64. The number of rotatable bonds is 2. The summed E-state index contributed by atoms with van der Waals surface area (Å²) in [5.74, 6) is 0. The molecule has 0 aromatic heterocycles. The maximum Gasteiger partial charge on any atom is 0.292 e. The van der Waals surface area contributed by atoms with Crippen LogP contribution in [-0.4, -0.2) is 24.2 Å². The van der Waals surface area contributed by atoms with E-state index in [1.165, 1.54) is 18.2 Å². The van der Waals surface area contributed by atoms with Crippen molar-refractivity contribution in [2.24, 2.45) is 0 Å². The third kappa shape index (κ3) is 2.09. The van der Waals surface area contributed by atoms with Gasteiger partial charge in [0.25, 0.3) is 5.69 Å². The van der Waals surface area contributed by atoms with Crippen LogP contribution in [0.3, 0.4) is 0 Å². The number of benzene rings is 1. The number of nitrogens with zero attached hydrogens (tertiary/aromatic N) is 2. The van der Waals surface area contributed by atoms with E-state index in [1.807, 2.05) is 0 Å². The molecule has 6 heteroatoms. The molecule has 1 atom stereocenters. The molecule has 1 aromatic rings. The maximum absolute atomic E-state index is 13.0. The first-order chi connectivity index (χ1) is 7.58. The van der Waals surface area contributed by atoms with Crippen LogP contribution in [0.25, 0.3) is 0 Å². The number of nitro benzene ring substituents is 1. The number of hydrogen-bond acceptors (Lipinski definition) is 3. The Labute approximate surface area is 96.8 Å². The summed E-state index contributed by atoms with van der Waals surface area (Å²) < 4.78 is 13.0. The van der Waals surface area contributed by atoms with Gasteiger partial charge in [0.1, 0.15) is 11.9 Å². The normalized spacial score (nSPS) is 20.1. The lowest BCUT2D eigenvalue weighted by Gasteiger charge is -2.17. The highest BCUT2D eigenvalue weighted by Crippen LogP contribution is 2.33. The Kier molecular flexibility index (Phi) is 2.96. The average molecular weight is 245 g/mol. The standard InChI is InChI=1S/C10H10ClFN2O2/c11-7-1-2-9(14(15)16)10(5-7)13-4-3-8(12)6-13/h1-2,5,8H,3-4,6H2/t8-/m0/s1. The molecule has 1 fully saturated rings. The lowest BCUT2D eigenvalue weighted by Crippen LogP contribution is -2.20. The van der Waals surface area contributed by atoms with Crippen molar-refractivity contribution in [2.45, 2.75) is 12.6 Å². The topological polar surface area (TPSA) is 46.4 Å². The van der Waals surface area contributed by atoms with Crippen molar-refractivity contribution >= 4 is 23.0 Å². The molecule has 0 saturated carbocycles. The van der Waals surface area contributed by atoms with Gasteiger partial charge in [-0.15, -0.1) is 0 Å². The molecule has 1 saturated heterocycles. The number of alkyl halides is 1. The van der Waals surface area contributed by atoms with E-state index in [0.717, 1.165) is 0 Å². The van der Waals surface area contributed by atoms with E-state index in [0.29, 0.717) is 23.7 Å². The number of anilines is 1. The first kappa shape index (κ1) is 11.1. The van der Waals surface area contributed by atoms with E-state index in [2.05, 4.69) is 0 Å². The van der Waals surface area contributed by atoms with E-state index in [1.54, 1.807) is 4.90 Å². The second-order valence-corrected chi connectivity index (χ2v) is 4.16. The van der Waals surface area contributed by atoms with Gasteiger partial charge < -0.3 is 4.90 Å². The molecule has 0 N–H and O–H groups in total. The molecule has 1 heterocycles. The van der Waals surface area contributed by atoms with Gasteiger partial charge in [0.2, 0.25) is 0 Å². The van der Waals surface area contributed by atoms with E-state index in [9.17, 15) is 14.5 Å². The van der Waals surface area contributed by atoms with Crippen molar-refractivity contribution < 1.29 is 9.31 Å². The van der Waals surface area contributed by atoms with Gasteiger partial charge >= 0.3 is 0 Å².